The van der Waals surface area contributed by atoms with E-state index in [-0.39, 0.29) is 17.7 Å². The number of amides is 2. The fraction of sp³-hybridized carbons (Fsp3) is 0.440. The number of hydrogen-bond donors (Lipinski definition) is 1. The Morgan fingerprint density at radius 3 is 2.23 bits per heavy atom. The number of benzene rings is 2. The number of hydrogen-bond acceptors (Lipinski definition) is 4. The Labute approximate surface area is 185 Å². The van der Waals surface area contributed by atoms with Crippen LogP contribution in [-0.2, 0) is 27.3 Å². The molecule has 0 aliphatic rings. The molecule has 6 nitrogen and oxygen atoms in total. The minimum atomic E-state index is -0.609. The summed E-state index contributed by atoms with van der Waals surface area (Å²) in [6.07, 6.45) is 1.17. The molecule has 0 unspecified atom stereocenters. The second-order valence-corrected chi connectivity index (χ2v) is 7.81. The van der Waals surface area contributed by atoms with Crippen LogP contribution in [0.3, 0.4) is 0 Å². The number of nitrogens with zero attached hydrogens (tertiary/aromatic N) is 1. The molecule has 1 N–H and O–H groups in total. The van der Waals surface area contributed by atoms with Crippen LogP contribution in [0.25, 0.3) is 0 Å². The van der Waals surface area contributed by atoms with Crippen molar-refractivity contribution in [1.82, 2.24) is 10.2 Å². The first-order chi connectivity index (χ1) is 15.0. The lowest BCUT2D eigenvalue weighted by atomic mass is 10.0. The normalized spacial score (nSPS) is 11.8. The van der Waals surface area contributed by atoms with E-state index in [0.717, 1.165) is 23.3 Å². The summed E-state index contributed by atoms with van der Waals surface area (Å²) < 4.78 is 10.3. The van der Waals surface area contributed by atoms with Gasteiger partial charge in [0.05, 0.1) is 7.11 Å². The van der Waals surface area contributed by atoms with Crippen molar-refractivity contribution in [2.75, 3.05) is 27.4 Å². The van der Waals surface area contributed by atoms with E-state index in [1.807, 2.05) is 68.4 Å². The predicted octanol–water partition coefficient (Wildman–Crippen LogP) is 3.44. The van der Waals surface area contributed by atoms with Crippen molar-refractivity contribution in [1.29, 1.82) is 0 Å². The first-order valence-electron chi connectivity index (χ1n) is 10.7. The van der Waals surface area contributed by atoms with Crippen LogP contribution >= 0.6 is 0 Å². The molecule has 0 heterocycles. The van der Waals surface area contributed by atoms with Gasteiger partial charge in [0.2, 0.25) is 11.8 Å². The number of methoxy groups -OCH3 is 2. The van der Waals surface area contributed by atoms with Gasteiger partial charge in [0, 0.05) is 39.1 Å². The van der Waals surface area contributed by atoms with Crippen LogP contribution in [0.5, 0.6) is 5.75 Å². The number of ether oxygens (including phenoxy) is 2. The van der Waals surface area contributed by atoms with Crippen LogP contribution in [-0.4, -0.2) is 50.1 Å². The van der Waals surface area contributed by atoms with Crippen molar-refractivity contribution in [2.45, 2.75) is 39.3 Å². The largest absolute Gasteiger partial charge is 0.497 e. The quantitative estimate of drug-likeness (QED) is 0.528. The second-order valence-electron chi connectivity index (χ2n) is 7.81. The average Bonchev–Trinajstić information content (AvgIpc) is 2.79. The number of carbonyl (C=O) groups is 2. The zero-order chi connectivity index (χ0) is 22.6. The van der Waals surface area contributed by atoms with Crippen LogP contribution in [0.15, 0.2) is 54.6 Å². The topological polar surface area (TPSA) is 67.9 Å². The van der Waals surface area contributed by atoms with Crippen molar-refractivity contribution in [2.24, 2.45) is 5.92 Å². The minimum absolute atomic E-state index is 0.0520. The van der Waals surface area contributed by atoms with E-state index in [2.05, 4.69) is 5.32 Å². The van der Waals surface area contributed by atoms with E-state index in [1.54, 1.807) is 19.1 Å². The third-order valence-electron chi connectivity index (χ3n) is 5.06. The Balaban J connectivity index is 2.30. The van der Waals surface area contributed by atoms with Crippen LogP contribution in [0, 0.1) is 5.92 Å². The lowest BCUT2D eigenvalue weighted by molar-refractivity contribution is -0.143. The summed E-state index contributed by atoms with van der Waals surface area (Å²) in [7, 11) is 3.26. The Morgan fingerprint density at radius 1 is 0.968 bits per heavy atom. The van der Waals surface area contributed by atoms with Gasteiger partial charge in [-0.3, -0.25) is 9.59 Å². The molecule has 0 saturated carbocycles. The predicted molar refractivity (Wildman–Crippen MR) is 122 cm³/mol. The second kappa shape index (κ2) is 12.7. The van der Waals surface area contributed by atoms with Gasteiger partial charge in [-0.25, -0.2) is 0 Å². The summed E-state index contributed by atoms with van der Waals surface area (Å²) in [4.78, 5) is 28.1. The standard InChI is InChI=1S/C25H34N2O4/c1-19(2)25(29)27(18-21-11-13-22(31-4)14-12-21)23(17-20-9-6-5-7-10-20)24(28)26-15-8-16-30-3/h5-7,9-14,19,23H,8,15-18H2,1-4H3,(H,26,28)/t23-/m1/s1. The summed E-state index contributed by atoms with van der Waals surface area (Å²) >= 11 is 0. The van der Waals surface area contributed by atoms with Gasteiger partial charge >= 0.3 is 0 Å². The van der Waals surface area contributed by atoms with Gasteiger partial charge in [0.15, 0.2) is 0 Å². The molecule has 0 aliphatic heterocycles. The van der Waals surface area contributed by atoms with Gasteiger partial charge in [0.25, 0.3) is 0 Å². The smallest absolute Gasteiger partial charge is 0.243 e. The maximum Gasteiger partial charge on any atom is 0.243 e. The maximum absolute atomic E-state index is 13.2. The molecule has 0 radical (unpaired) electrons. The third kappa shape index (κ3) is 7.72. The molecule has 6 heteroatoms. The van der Waals surface area contributed by atoms with Crippen LogP contribution in [0.2, 0.25) is 0 Å². The summed E-state index contributed by atoms with van der Waals surface area (Å²) in [5.41, 5.74) is 1.95. The average molecular weight is 427 g/mol. The van der Waals surface area contributed by atoms with Crippen LogP contribution < -0.4 is 10.1 Å². The van der Waals surface area contributed by atoms with Gasteiger partial charge in [-0.15, -0.1) is 0 Å². The lowest BCUT2D eigenvalue weighted by Gasteiger charge is -2.33. The molecule has 2 aromatic rings. The van der Waals surface area contributed by atoms with Crippen molar-refractivity contribution in [3.63, 3.8) is 0 Å². The number of rotatable bonds is 12. The highest BCUT2D eigenvalue weighted by atomic mass is 16.5. The van der Waals surface area contributed by atoms with E-state index in [1.165, 1.54) is 0 Å². The Hall–Kier alpha value is -2.86. The fourth-order valence-corrected chi connectivity index (χ4v) is 3.33. The Kier molecular flexibility index (Phi) is 10.0. The van der Waals surface area contributed by atoms with Gasteiger partial charge in [0.1, 0.15) is 11.8 Å². The molecule has 0 bridgehead atoms. The molecule has 0 aromatic heterocycles. The van der Waals surface area contributed by atoms with E-state index in [0.29, 0.717) is 26.1 Å². The molecule has 0 saturated heterocycles. The number of carbonyl (C=O) groups excluding carboxylic acids is 2. The van der Waals surface area contributed by atoms with Crippen molar-refractivity contribution in [3.05, 3.63) is 65.7 Å². The van der Waals surface area contributed by atoms with E-state index < -0.39 is 6.04 Å². The lowest BCUT2D eigenvalue weighted by Crippen LogP contribution is -2.51. The third-order valence-corrected chi connectivity index (χ3v) is 5.06. The van der Waals surface area contributed by atoms with Crippen molar-refractivity contribution in [3.8, 4) is 5.75 Å². The molecule has 0 aliphatic carbocycles. The van der Waals surface area contributed by atoms with Crippen LogP contribution in [0.1, 0.15) is 31.4 Å². The maximum atomic E-state index is 13.2. The van der Waals surface area contributed by atoms with Gasteiger partial charge in [-0.1, -0.05) is 56.3 Å². The molecule has 2 aromatic carbocycles. The first-order valence-corrected chi connectivity index (χ1v) is 10.7. The number of nitrogens with one attached hydrogen (secondary N) is 1. The van der Waals surface area contributed by atoms with E-state index >= 15 is 0 Å². The highest BCUT2D eigenvalue weighted by molar-refractivity contribution is 5.88. The summed E-state index contributed by atoms with van der Waals surface area (Å²) in [6, 6.07) is 16.8. The molecule has 2 amide bonds. The van der Waals surface area contributed by atoms with Crippen LogP contribution in [0.4, 0.5) is 0 Å². The monoisotopic (exact) mass is 426 g/mol. The Morgan fingerprint density at radius 2 is 1.65 bits per heavy atom. The van der Waals surface area contributed by atoms with Crippen molar-refractivity contribution >= 4 is 11.8 Å². The Bertz CT molecular complexity index is 806. The molecular weight excluding hydrogens is 392 g/mol. The summed E-state index contributed by atoms with van der Waals surface area (Å²) in [6.45, 7) is 5.15. The van der Waals surface area contributed by atoms with Gasteiger partial charge < -0.3 is 19.7 Å². The van der Waals surface area contributed by atoms with Crippen molar-refractivity contribution < 1.29 is 19.1 Å². The molecule has 1 atom stereocenters. The van der Waals surface area contributed by atoms with Gasteiger partial charge in [-0.05, 0) is 29.7 Å². The molecule has 2 rings (SSSR count). The molecular formula is C25H34N2O4. The molecule has 168 valence electrons. The SMILES string of the molecule is COCCCNC(=O)[C@@H](Cc1ccccc1)N(Cc1ccc(OC)cc1)C(=O)C(C)C. The fourth-order valence-electron chi connectivity index (χ4n) is 3.33. The minimum Gasteiger partial charge on any atom is -0.497 e. The summed E-state index contributed by atoms with van der Waals surface area (Å²) in [5, 5.41) is 2.98. The van der Waals surface area contributed by atoms with E-state index in [4.69, 9.17) is 9.47 Å². The highest BCUT2D eigenvalue weighted by Gasteiger charge is 2.31. The molecule has 0 spiro atoms. The summed E-state index contributed by atoms with van der Waals surface area (Å²) in [5.74, 6) is 0.325. The molecule has 0 fully saturated rings. The first kappa shape index (κ1) is 24.4. The highest BCUT2D eigenvalue weighted by Crippen LogP contribution is 2.19. The van der Waals surface area contributed by atoms with Gasteiger partial charge in [-0.2, -0.15) is 0 Å². The zero-order valence-corrected chi connectivity index (χ0v) is 19.0. The van der Waals surface area contributed by atoms with E-state index in [9.17, 15) is 9.59 Å². The molecule has 31 heavy (non-hydrogen) atoms. The zero-order valence-electron chi connectivity index (χ0n) is 19.0.